The lowest BCUT2D eigenvalue weighted by Gasteiger charge is -2.01. The van der Waals surface area contributed by atoms with E-state index in [0.717, 1.165) is 11.1 Å². The summed E-state index contributed by atoms with van der Waals surface area (Å²) in [7, 11) is 0. The quantitative estimate of drug-likeness (QED) is 0.847. The van der Waals surface area contributed by atoms with E-state index in [-0.39, 0.29) is 6.54 Å². The van der Waals surface area contributed by atoms with Crippen molar-refractivity contribution in [3.8, 4) is 11.5 Å². The average Bonchev–Trinajstić information content (AvgIpc) is 2.70. The molecule has 0 aliphatic rings. The average molecular weight is 224 g/mol. The number of nitrogens with two attached hydrogens (primary N) is 1. The van der Waals surface area contributed by atoms with Crippen molar-refractivity contribution in [3.63, 3.8) is 0 Å². The molecule has 1 heterocycles. The van der Waals surface area contributed by atoms with Crippen LogP contribution in [0.2, 0.25) is 5.02 Å². The molecule has 4 nitrogen and oxygen atoms in total. The minimum Gasteiger partial charge on any atom is -0.334 e. The first-order valence-electron chi connectivity index (χ1n) is 4.50. The molecule has 0 aliphatic carbocycles. The van der Waals surface area contributed by atoms with Gasteiger partial charge in [-0.05, 0) is 24.6 Å². The summed E-state index contributed by atoms with van der Waals surface area (Å²) in [5.74, 6) is 0.944. The van der Waals surface area contributed by atoms with Crippen molar-refractivity contribution in [1.82, 2.24) is 10.1 Å². The van der Waals surface area contributed by atoms with Crippen molar-refractivity contribution in [2.75, 3.05) is 0 Å². The smallest absolute Gasteiger partial charge is 0.258 e. The van der Waals surface area contributed by atoms with Crippen LogP contribution in [0.15, 0.2) is 22.7 Å². The number of benzene rings is 1. The van der Waals surface area contributed by atoms with Crippen molar-refractivity contribution in [3.05, 3.63) is 34.6 Å². The van der Waals surface area contributed by atoms with Crippen LogP contribution in [0.25, 0.3) is 11.5 Å². The van der Waals surface area contributed by atoms with Crippen LogP contribution in [0.4, 0.5) is 0 Å². The highest BCUT2D eigenvalue weighted by molar-refractivity contribution is 6.31. The molecule has 2 N–H and O–H groups in total. The van der Waals surface area contributed by atoms with Gasteiger partial charge in [0, 0.05) is 10.6 Å². The van der Waals surface area contributed by atoms with Crippen LogP contribution in [0.1, 0.15) is 11.4 Å². The highest BCUT2D eigenvalue weighted by Gasteiger charge is 2.11. The maximum Gasteiger partial charge on any atom is 0.258 e. The van der Waals surface area contributed by atoms with Gasteiger partial charge in [0.25, 0.3) is 5.89 Å². The van der Waals surface area contributed by atoms with Gasteiger partial charge in [0.05, 0.1) is 6.54 Å². The highest BCUT2D eigenvalue weighted by Crippen LogP contribution is 2.26. The van der Waals surface area contributed by atoms with Crippen molar-refractivity contribution in [1.29, 1.82) is 0 Å². The minimum absolute atomic E-state index is 0.267. The summed E-state index contributed by atoms with van der Waals surface area (Å²) in [6.45, 7) is 2.17. The van der Waals surface area contributed by atoms with Gasteiger partial charge < -0.3 is 10.3 Å². The third-order valence-electron chi connectivity index (χ3n) is 2.15. The Kier molecular flexibility index (Phi) is 2.70. The Balaban J connectivity index is 2.49. The summed E-state index contributed by atoms with van der Waals surface area (Å²) < 4.78 is 5.08. The Morgan fingerprint density at radius 3 is 2.93 bits per heavy atom. The molecule has 1 aromatic heterocycles. The van der Waals surface area contributed by atoms with Gasteiger partial charge in [-0.2, -0.15) is 4.98 Å². The fraction of sp³-hybridized carbons (Fsp3) is 0.200. The Labute approximate surface area is 92.0 Å². The molecule has 2 rings (SSSR count). The molecule has 0 fully saturated rings. The molecule has 5 heteroatoms. The second-order valence-electron chi connectivity index (χ2n) is 3.13. The van der Waals surface area contributed by atoms with Gasteiger partial charge in [-0.1, -0.05) is 22.8 Å². The Bertz CT molecular complexity index is 481. The van der Waals surface area contributed by atoms with E-state index >= 15 is 0 Å². The number of hydrogen-bond acceptors (Lipinski definition) is 4. The van der Waals surface area contributed by atoms with Gasteiger partial charge in [0.1, 0.15) is 0 Å². The molecule has 0 spiro atoms. The molecular weight excluding hydrogens is 214 g/mol. The molecule has 2 aromatic rings. The summed E-state index contributed by atoms with van der Waals surface area (Å²) >= 11 is 5.99. The maximum atomic E-state index is 5.99. The zero-order chi connectivity index (χ0) is 10.8. The van der Waals surface area contributed by atoms with Gasteiger partial charge in [0.2, 0.25) is 0 Å². The molecular formula is C10H10ClN3O. The monoisotopic (exact) mass is 223 g/mol. The number of rotatable bonds is 2. The molecule has 0 atom stereocenters. The third kappa shape index (κ3) is 1.86. The molecule has 0 unspecified atom stereocenters. The molecule has 0 aliphatic heterocycles. The molecule has 0 bridgehead atoms. The maximum absolute atomic E-state index is 5.99. The topological polar surface area (TPSA) is 64.9 Å². The highest BCUT2D eigenvalue weighted by atomic mass is 35.5. The van der Waals surface area contributed by atoms with Crippen LogP contribution in [0.3, 0.4) is 0 Å². The van der Waals surface area contributed by atoms with E-state index in [2.05, 4.69) is 10.1 Å². The predicted molar refractivity (Wildman–Crippen MR) is 57.4 cm³/mol. The summed E-state index contributed by atoms with van der Waals surface area (Å²) in [6, 6.07) is 5.55. The van der Waals surface area contributed by atoms with Gasteiger partial charge in [-0.25, -0.2) is 0 Å². The molecule has 78 valence electrons. The number of hydrogen-bond donors (Lipinski definition) is 1. The zero-order valence-corrected chi connectivity index (χ0v) is 8.95. The van der Waals surface area contributed by atoms with Gasteiger partial charge in [0.15, 0.2) is 5.82 Å². The minimum atomic E-state index is 0.267. The zero-order valence-electron chi connectivity index (χ0n) is 8.20. The van der Waals surface area contributed by atoms with Gasteiger partial charge in [-0.15, -0.1) is 0 Å². The molecule has 0 saturated carbocycles. The van der Waals surface area contributed by atoms with Gasteiger partial charge >= 0.3 is 0 Å². The van der Waals surface area contributed by atoms with E-state index in [1.165, 1.54) is 0 Å². The fourth-order valence-corrected chi connectivity index (χ4v) is 1.46. The van der Waals surface area contributed by atoms with Crippen LogP contribution < -0.4 is 5.73 Å². The van der Waals surface area contributed by atoms with Crippen LogP contribution in [0.5, 0.6) is 0 Å². The first-order chi connectivity index (χ1) is 7.22. The SMILES string of the molecule is Cc1c(Cl)cccc1-c1nc(CN)no1. The van der Waals surface area contributed by atoms with E-state index in [9.17, 15) is 0 Å². The Morgan fingerprint density at radius 2 is 2.27 bits per heavy atom. The van der Waals surface area contributed by atoms with Gasteiger partial charge in [-0.3, -0.25) is 0 Å². The van der Waals surface area contributed by atoms with Crippen LogP contribution in [0, 0.1) is 6.92 Å². The van der Waals surface area contributed by atoms with Crippen LogP contribution >= 0.6 is 11.6 Å². The first-order valence-corrected chi connectivity index (χ1v) is 4.88. The lowest BCUT2D eigenvalue weighted by atomic mass is 10.1. The second kappa shape index (κ2) is 4.00. The van der Waals surface area contributed by atoms with E-state index in [0.29, 0.717) is 16.7 Å². The number of nitrogens with zero attached hydrogens (tertiary/aromatic N) is 2. The Hall–Kier alpha value is -1.39. The van der Waals surface area contributed by atoms with Crippen molar-refractivity contribution < 1.29 is 4.52 Å². The Morgan fingerprint density at radius 1 is 1.47 bits per heavy atom. The van der Waals surface area contributed by atoms with Crippen molar-refractivity contribution >= 4 is 11.6 Å². The largest absolute Gasteiger partial charge is 0.334 e. The molecule has 0 radical (unpaired) electrons. The normalized spacial score (nSPS) is 10.6. The van der Waals surface area contributed by atoms with Crippen LogP contribution in [-0.4, -0.2) is 10.1 Å². The first kappa shape index (κ1) is 10.1. The number of halogens is 1. The number of aromatic nitrogens is 2. The summed E-state index contributed by atoms with van der Waals surface area (Å²) in [5, 5.41) is 4.41. The standard InChI is InChI=1S/C10H10ClN3O/c1-6-7(3-2-4-8(6)11)10-13-9(5-12)14-15-10/h2-4H,5,12H2,1H3. The lowest BCUT2D eigenvalue weighted by Crippen LogP contribution is -1.97. The second-order valence-corrected chi connectivity index (χ2v) is 3.54. The lowest BCUT2D eigenvalue weighted by molar-refractivity contribution is 0.422. The summed E-state index contributed by atoms with van der Waals surface area (Å²) in [6.07, 6.45) is 0. The van der Waals surface area contributed by atoms with E-state index in [1.807, 2.05) is 25.1 Å². The van der Waals surface area contributed by atoms with Crippen molar-refractivity contribution in [2.45, 2.75) is 13.5 Å². The van der Waals surface area contributed by atoms with Crippen LogP contribution in [-0.2, 0) is 6.54 Å². The molecule has 0 amide bonds. The third-order valence-corrected chi connectivity index (χ3v) is 2.56. The molecule has 15 heavy (non-hydrogen) atoms. The van der Waals surface area contributed by atoms with E-state index in [1.54, 1.807) is 0 Å². The fourth-order valence-electron chi connectivity index (χ4n) is 1.29. The summed E-state index contributed by atoms with van der Waals surface area (Å²) in [4.78, 5) is 4.14. The molecule has 0 saturated heterocycles. The molecule has 1 aromatic carbocycles. The van der Waals surface area contributed by atoms with E-state index in [4.69, 9.17) is 21.9 Å². The van der Waals surface area contributed by atoms with E-state index < -0.39 is 0 Å². The predicted octanol–water partition coefficient (Wildman–Crippen LogP) is 2.16. The summed E-state index contributed by atoms with van der Waals surface area (Å²) in [5.41, 5.74) is 7.16. The van der Waals surface area contributed by atoms with Crippen molar-refractivity contribution in [2.24, 2.45) is 5.73 Å².